The van der Waals surface area contributed by atoms with Crippen LogP contribution in [0.5, 0.6) is 23.0 Å². The largest absolute Gasteiger partial charge is 0.488 e. The van der Waals surface area contributed by atoms with E-state index in [9.17, 15) is 4.79 Å². The van der Waals surface area contributed by atoms with E-state index >= 15 is 0 Å². The molecule has 0 saturated heterocycles. The average Bonchev–Trinajstić information content (AvgIpc) is 3.11. The Bertz CT molecular complexity index is 1710. The first-order chi connectivity index (χ1) is 22.7. The highest BCUT2D eigenvalue weighted by atomic mass is 35.5. The number of nitrogens with two attached hydrogens (primary N) is 1. The lowest BCUT2D eigenvalue weighted by atomic mass is 10.0. The van der Waals surface area contributed by atoms with E-state index in [2.05, 4.69) is 24.2 Å². The van der Waals surface area contributed by atoms with E-state index in [1.54, 1.807) is 12.3 Å². The Hall–Kier alpha value is -5.08. The molecule has 1 atom stereocenters. The van der Waals surface area contributed by atoms with Crippen LogP contribution in [0.15, 0.2) is 80.1 Å². The Labute approximate surface area is 279 Å². The summed E-state index contributed by atoms with van der Waals surface area (Å²) in [5, 5.41) is 25.9. The van der Waals surface area contributed by atoms with Gasteiger partial charge in [-0.15, -0.1) is 13.2 Å². The first-order valence-electron chi connectivity index (χ1n) is 14.7. The van der Waals surface area contributed by atoms with Gasteiger partial charge in [0.15, 0.2) is 11.5 Å². The zero-order valence-electron chi connectivity index (χ0n) is 26.4. The van der Waals surface area contributed by atoms with Crippen LogP contribution in [0, 0.1) is 24.2 Å². The molecule has 5 rings (SSSR count). The van der Waals surface area contributed by atoms with Gasteiger partial charge in [-0.05, 0) is 49.2 Å². The molecule has 0 fully saturated rings. The summed E-state index contributed by atoms with van der Waals surface area (Å²) in [5.41, 5.74) is 11.7. The number of aromatic nitrogens is 1. The molecule has 0 unspecified atom stereocenters. The van der Waals surface area contributed by atoms with Gasteiger partial charge in [-0.3, -0.25) is 9.78 Å². The molecule has 0 spiro atoms. The molecule has 2 heterocycles. The van der Waals surface area contributed by atoms with Crippen LogP contribution in [0.4, 0.5) is 0 Å². The van der Waals surface area contributed by atoms with Crippen LogP contribution in [-0.2, 0) is 24.6 Å². The summed E-state index contributed by atoms with van der Waals surface area (Å²) in [7, 11) is 0. The van der Waals surface area contributed by atoms with Crippen molar-refractivity contribution in [1.82, 2.24) is 4.98 Å². The number of carbonyl (C=O) groups is 1. The number of hydrogen-bond acceptors (Lipinski definition) is 9. The number of aryl methyl sites for hydroxylation is 1. The Morgan fingerprint density at radius 1 is 1.04 bits per heavy atom. The summed E-state index contributed by atoms with van der Waals surface area (Å²) in [6, 6.07) is 19.3. The number of aliphatic carboxylic acids is 1. The van der Waals surface area contributed by atoms with Crippen molar-refractivity contribution in [2.75, 3.05) is 19.8 Å². The molecule has 1 aliphatic rings. The second kappa shape index (κ2) is 18.2. The lowest BCUT2D eigenvalue weighted by Gasteiger charge is -2.19. The number of aliphatic hydroxyl groups is 1. The van der Waals surface area contributed by atoms with Crippen molar-refractivity contribution in [3.05, 3.63) is 113 Å². The van der Waals surface area contributed by atoms with Gasteiger partial charge in [0, 0.05) is 47.3 Å². The zero-order chi connectivity index (χ0) is 34.3. The number of fused-ring (bicyclic) bond motifs is 1. The topological polar surface area (TPSA) is 157 Å². The standard InChI is InChI=1S/C30H26ClN3O4.C4H8O3.C2H4/c1-19-9-24(14-33)28(37-17-21-10-20(13-32)15-34-16-21)12-27(19)38-18-23-3-2-4-25(30(23)31)22-5-6-26-29(11-22)36-8-7-35-26;1-3(2-5)4(6)7;1-2/h2-6,9-12,15-16H,7-8,14,17-18,33H2,1H3;3,5H,2H2,1H3,(H,6,7);1-2H2/t;3-;/m.0./s1. The minimum absolute atomic E-state index is 0.251. The highest BCUT2D eigenvalue weighted by Gasteiger charge is 2.16. The first kappa shape index (κ1) is 36.4. The van der Waals surface area contributed by atoms with E-state index in [0.29, 0.717) is 47.6 Å². The lowest BCUT2D eigenvalue weighted by molar-refractivity contribution is -0.142. The molecule has 47 heavy (non-hydrogen) atoms. The summed E-state index contributed by atoms with van der Waals surface area (Å²) in [6.45, 7) is 11.0. The summed E-state index contributed by atoms with van der Waals surface area (Å²) in [5.74, 6) is 1.15. The van der Waals surface area contributed by atoms with E-state index in [1.807, 2.05) is 55.5 Å². The maximum atomic E-state index is 9.77. The molecule has 0 saturated carbocycles. The van der Waals surface area contributed by atoms with Crippen molar-refractivity contribution in [1.29, 1.82) is 5.26 Å². The van der Waals surface area contributed by atoms with Gasteiger partial charge in [0.05, 0.1) is 23.1 Å². The van der Waals surface area contributed by atoms with E-state index in [1.165, 1.54) is 13.1 Å². The molecule has 1 aliphatic heterocycles. The predicted octanol–water partition coefficient (Wildman–Crippen LogP) is 6.47. The molecule has 0 amide bonds. The number of nitriles is 1. The van der Waals surface area contributed by atoms with Gasteiger partial charge in [-0.1, -0.05) is 35.9 Å². The van der Waals surface area contributed by atoms with Crippen molar-refractivity contribution >= 4 is 17.6 Å². The van der Waals surface area contributed by atoms with E-state index < -0.39 is 11.9 Å². The number of nitrogens with zero attached hydrogens (tertiary/aromatic N) is 2. The summed E-state index contributed by atoms with van der Waals surface area (Å²) in [6.07, 6.45) is 3.19. The smallest absolute Gasteiger partial charge is 0.308 e. The van der Waals surface area contributed by atoms with Crippen LogP contribution < -0.4 is 24.7 Å². The number of rotatable bonds is 10. The number of pyridine rings is 1. The van der Waals surface area contributed by atoms with E-state index in [-0.39, 0.29) is 19.8 Å². The number of ether oxygens (including phenoxy) is 4. The van der Waals surface area contributed by atoms with Crippen LogP contribution in [0.2, 0.25) is 5.02 Å². The molecular weight excluding hydrogens is 622 g/mol. The van der Waals surface area contributed by atoms with E-state index in [0.717, 1.165) is 39.1 Å². The number of carboxylic acids is 1. The quantitative estimate of drug-likeness (QED) is 0.161. The maximum Gasteiger partial charge on any atom is 0.308 e. The second-order valence-corrected chi connectivity index (χ2v) is 10.6. The highest BCUT2D eigenvalue weighted by Crippen LogP contribution is 2.38. The number of benzene rings is 3. The Kier molecular flexibility index (Phi) is 14.1. The molecule has 1 aromatic heterocycles. The summed E-state index contributed by atoms with van der Waals surface area (Å²) >= 11 is 6.83. The predicted molar refractivity (Wildman–Crippen MR) is 180 cm³/mol. The molecule has 10 nitrogen and oxygen atoms in total. The zero-order valence-corrected chi connectivity index (χ0v) is 27.1. The van der Waals surface area contributed by atoms with Crippen molar-refractivity contribution in [2.24, 2.45) is 11.7 Å². The summed E-state index contributed by atoms with van der Waals surface area (Å²) in [4.78, 5) is 13.9. The molecule has 3 aromatic carbocycles. The third-order valence-corrected chi connectivity index (χ3v) is 7.35. The fourth-order valence-electron chi connectivity index (χ4n) is 4.33. The Morgan fingerprint density at radius 3 is 2.43 bits per heavy atom. The third-order valence-electron chi connectivity index (χ3n) is 6.91. The Morgan fingerprint density at radius 2 is 1.77 bits per heavy atom. The molecule has 4 N–H and O–H groups in total. The molecular formula is C36H38ClN3O7. The van der Waals surface area contributed by atoms with Crippen LogP contribution in [0.3, 0.4) is 0 Å². The van der Waals surface area contributed by atoms with Gasteiger partial charge in [0.25, 0.3) is 0 Å². The van der Waals surface area contributed by atoms with Gasteiger partial charge >= 0.3 is 5.97 Å². The minimum atomic E-state index is -0.956. The number of halogens is 1. The highest BCUT2D eigenvalue weighted by molar-refractivity contribution is 6.34. The average molecular weight is 660 g/mol. The number of hydrogen-bond donors (Lipinski definition) is 3. The monoisotopic (exact) mass is 659 g/mol. The van der Waals surface area contributed by atoms with Crippen LogP contribution in [-0.4, -0.2) is 41.0 Å². The fraction of sp³-hybridized carbons (Fsp3) is 0.250. The Balaban J connectivity index is 0.000000593. The second-order valence-electron chi connectivity index (χ2n) is 10.3. The molecule has 0 aliphatic carbocycles. The van der Waals surface area contributed by atoms with Gasteiger partial charge < -0.3 is 34.9 Å². The third kappa shape index (κ3) is 9.95. The first-order valence-corrected chi connectivity index (χ1v) is 15.1. The molecule has 0 radical (unpaired) electrons. The van der Waals surface area contributed by atoms with Gasteiger partial charge in [0.1, 0.15) is 44.0 Å². The molecule has 246 valence electrons. The fourth-order valence-corrected chi connectivity index (χ4v) is 4.62. The van der Waals surface area contributed by atoms with Crippen molar-refractivity contribution in [2.45, 2.75) is 33.6 Å². The van der Waals surface area contributed by atoms with Gasteiger partial charge in [-0.25, -0.2) is 0 Å². The number of aliphatic hydroxyl groups excluding tert-OH is 1. The SMILES string of the molecule is C=C.C[C@@H](CO)C(=O)O.Cc1cc(CN)c(OCc2cncc(C#N)c2)cc1OCc1cccc(-c2ccc3c(c2)OCCO3)c1Cl. The van der Waals surface area contributed by atoms with Crippen molar-refractivity contribution in [3.63, 3.8) is 0 Å². The minimum Gasteiger partial charge on any atom is -0.488 e. The van der Waals surface area contributed by atoms with Crippen LogP contribution >= 0.6 is 11.6 Å². The maximum absolute atomic E-state index is 9.77. The number of carboxylic acid groups (broad SMARTS) is 1. The van der Waals surface area contributed by atoms with Crippen LogP contribution in [0.1, 0.15) is 34.7 Å². The van der Waals surface area contributed by atoms with E-state index in [4.69, 9.17) is 51.8 Å². The summed E-state index contributed by atoms with van der Waals surface area (Å²) < 4.78 is 23.6. The van der Waals surface area contributed by atoms with Gasteiger partial charge in [-0.2, -0.15) is 5.26 Å². The normalized spacial score (nSPS) is 11.8. The molecule has 11 heteroatoms. The lowest BCUT2D eigenvalue weighted by Crippen LogP contribution is -2.15. The molecule has 0 bridgehead atoms. The van der Waals surface area contributed by atoms with Gasteiger partial charge in [0.2, 0.25) is 0 Å². The van der Waals surface area contributed by atoms with Crippen LogP contribution in [0.25, 0.3) is 11.1 Å². The van der Waals surface area contributed by atoms with Crippen molar-refractivity contribution in [3.8, 4) is 40.2 Å². The molecule has 4 aromatic rings. The van der Waals surface area contributed by atoms with Crippen molar-refractivity contribution < 1.29 is 34.0 Å².